The van der Waals surface area contributed by atoms with Gasteiger partial charge in [-0.25, -0.2) is 0 Å². The highest BCUT2D eigenvalue weighted by Gasteiger charge is 2.20. The van der Waals surface area contributed by atoms with Gasteiger partial charge in [-0.2, -0.15) is 0 Å². The summed E-state index contributed by atoms with van der Waals surface area (Å²) in [6, 6.07) is 5.05. The Balaban J connectivity index is 3.08. The summed E-state index contributed by atoms with van der Waals surface area (Å²) in [6.07, 6.45) is 0. The standard InChI is InChI=1S/C11H12BrClO3/c1-15-7-3-4-8(10(5-7)16-2)11(14)9(12)6-13/h3-5,9H,6H2,1-2H3. The second-order valence-electron chi connectivity index (χ2n) is 3.05. The lowest BCUT2D eigenvalue weighted by Gasteiger charge is -2.11. The van der Waals surface area contributed by atoms with Gasteiger partial charge < -0.3 is 9.47 Å². The van der Waals surface area contributed by atoms with Crippen molar-refractivity contribution in [2.75, 3.05) is 20.1 Å². The zero-order chi connectivity index (χ0) is 12.1. The summed E-state index contributed by atoms with van der Waals surface area (Å²) < 4.78 is 10.2. The molecule has 0 aliphatic carbocycles. The highest BCUT2D eigenvalue weighted by molar-refractivity contribution is 9.10. The number of halogens is 2. The van der Waals surface area contributed by atoms with E-state index in [0.717, 1.165) is 0 Å². The maximum Gasteiger partial charge on any atom is 0.181 e. The summed E-state index contributed by atoms with van der Waals surface area (Å²) in [5.41, 5.74) is 0.492. The number of ether oxygens (including phenoxy) is 2. The van der Waals surface area contributed by atoms with Gasteiger partial charge in [0.15, 0.2) is 5.78 Å². The van der Waals surface area contributed by atoms with Crippen LogP contribution in [0.25, 0.3) is 0 Å². The molecule has 1 atom stereocenters. The smallest absolute Gasteiger partial charge is 0.181 e. The Kier molecular flexibility index (Phi) is 5.09. The molecule has 1 aromatic carbocycles. The summed E-state index contributed by atoms with van der Waals surface area (Å²) >= 11 is 8.83. The van der Waals surface area contributed by atoms with Gasteiger partial charge in [0.1, 0.15) is 11.5 Å². The Morgan fingerprint density at radius 1 is 1.44 bits per heavy atom. The number of ketones is 1. The van der Waals surface area contributed by atoms with Crippen LogP contribution >= 0.6 is 27.5 Å². The number of carbonyl (C=O) groups is 1. The van der Waals surface area contributed by atoms with E-state index in [2.05, 4.69) is 15.9 Å². The maximum atomic E-state index is 11.9. The molecule has 1 unspecified atom stereocenters. The number of hydrogen-bond acceptors (Lipinski definition) is 3. The molecule has 0 radical (unpaired) electrons. The third kappa shape index (κ3) is 2.89. The number of hydrogen-bond donors (Lipinski definition) is 0. The Hall–Kier alpha value is -0.740. The van der Waals surface area contributed by atoms with E-state index < -0.39 is 4.83 Å². The van der Waals surface area contributed by atoms with E-state index in [9.17, 15) is 4.79 Å². The average molecular weight is 308 g/mol. The molecule has 1 rings (SSSR count). The van der Waals surface area contributed by atoms with Crippen molar-refractivity contribution >= 4 is 33.3 Å². The largest absolute Gasteiger partial charge is 0.497 e. The first kappa shape index (κ1) is 13.3. The molecule has 0 N–H and O–H groups in total. The quantitative estimate of drug-likeness (QED) is 0.620. The average Bonchev–Trinajstić information content (AvgIpc) is 2.35. The molecule has 0 heterocycles. The van der Waals surface area contributed by atoms with Gasteiger partial charge in [0.25, 0.3) is 0 Å². The third-order valence-electron chi connectivity index (χ3n) is 2.09. The fraction of sp³-hybridized carbons (Fsp3) is 0.364. The number of rotatable bonds is 5. The van der Waals surface area contributed by atoms with Gasteiger partial charge in [0, 0.05) is 11.9 Å². The summed E-state index contributed by atoms with van der Waals surface area (Å²) in [5.74, 6) is 1.24. The van der Waals surface area contributed by atoms with Crippen molar-refractivity contribution in [1.82, 2.24) is 0 Å². The molecule has 0 amide bonds. The monoisotopic (exact) mass is 306 g/mol. The minimum Gasteiger partial charge on any atom is -0.497 e. The molecule has 1 aromatic rings. The molecular weight excluding hydrogens is 295 g/mol. The van der Waals surface area contributed by atoms with Gasteiger partial charge >= 0.3 is 0 Å². The maximum absolute atomic E-state index is 11.9. The van der Waals surface area contributed by atoms with E-state index in [0.29, 0.717) is 17.1 Å². The van der Waals surface area contributed by atoms with Gasteiger partial charge in [-0.15, -0.1) is 11.6 Å². The van der Waals surface area contributed by atoms with Crippen LogP contribution in [0.1, 0.15) is 10.4 Å². The SMILES string of the molecule is COc1ccc(C(=O)C(Br)CCl)c(OC)c1. The summed E-state index contributed by atoms with van der Waals surface area (Å²) in [6.45, 7) is 0. The molecule has 16 heavy (non-hydrogen) atoms. The molecule has 0 fully saturated rings. The Morgan fingerprint density at radius 3 is 2.62 bits per heavy atom. The van der Waals surface area contributed by atoms with E-state index in [1.54, 1.807) is 25.3 Å². The van der Waals surface area contributed by atoms with E-state index in [1.807, 2.05) is 0 Å². The van der Waals surface area contributed by atoms with Gasteiger partial charge in [-0.3, -0.25) is 4.79 Å². The normalized spacial score (nSPS) is 12.0. The fourth-order valence-electron chi connectivity index (χ4n) is 1.24. The molecule has 0 aliphatic rings. The van der Waals surface area contributed by atoms with Crippen molar-refractivity contribution in [2.45, 2.75) is 4.83 Å². The summed E-state index contributed by atoms with van der Waals surface area (Å²) in [5, 5.41) is 0. The molecule has 0 spiro atoms. The van der Waals surface area contributed by atoms with Gasteiger partial charge in [-0.05, 0) is 12.1 Å². The van der Waals surface area contributed by atoms with Crippen LogP contribution in [0.3, 0.4) is 0 Å². The van der Waals surface area contributed by atoms with Gasteiger partial charge in [-0.1, -0.05) is 15.9 Å². The van der Waals surface area contributed by atoms with Crippen molar-refractivity contribution in [2.24, 2.45) is 0 Å². The van der Waals surface area contributed by atoms with Gasteiger partial charge in [0.2, 0.25) is 0 Å². The Labute approximate surface area is 108 Å². The molecule has 0 aromatic heterocycles. The summed E-state index contributed by atoms with van der Waals surface area (Å²) in [7, 11) is 3.07. The van der Waals surface area contributed by atoms with Crippen LogP contribution in [-0.2, 0) is 0 Å². The first-order valence-corrected chi connectivity index (χ1v) is 6.05. The lowest BCUT2D eigenvalue weighted by molar-refractivity contribution is 0.0994. The Morgan fingerprint density at radius 2 is 2.12 bits per heavy atom. The number of Topliss-reactive ketones (excluding diaryl/α,β-unsaturated/α-hetero) is 1. The van der Waals surface area contributed by atoms with Gasteiger partial charge in [0.05, 0.1) is 24.6 Å². The number of benzene rings is 1. The number of carbonyl (C=O) groups excluding carboxylic acids is 1. The highest BCUT2D eigenvalue weighted by Crippen LogP contribution is 2.27. The van der Waals surface area contributed by atoms with Crippen molar-refractivity contribution in [1.29, 1.82) is 0 Å². The number of methoxy groups -OCH3 is 2. The zero-order valence-corrected chi connectivity index (χ0v) is 11.3. The van der Waals surface area contributed by atoms with Crippen molar-refractivity contribution < 1.29 is 14.3 Å². The Bertz CT molecular complexity index is 381. The van der Waals surface area contributed by atoms with Crippen molar-refractivity contribution in [3.05, 3.63) is 23.8 Å². The first-order chi connectivity index (χ1) is 7.63. The zero-order valence-electron chi connectivity index (χ0n) is 9.00. The minimum absolute atomic E-state index is 0.102. The second-order valence-corrected chi connectivity index (χ2v) is 4.47. The van der Waals surface area contributed by atoms with Crippen LogP contribution in [0.15, 0.2) is 18.2 Å². The molecule has 0 saturated carbocycles. The molecule has 0 bridgehead atoms. The molecule has 3 nitrogen and oxygen atoms in total. The predicted octanol–water partition coefficient (Wildman–Crippen LogP) is 2.89. The highest BCUT2D eigenvalue weighted by atomic mass is 79.9. The minimum atomic E-state index is -0.406. The number of alkyl halides is 2. The van der Waals surface area contributed by atoms with Crippen LogP contribution in [0.2, 0.25) is 0 Å². The molecule has 88 valence electrons. The molecule has 0 saturated heterocycles. The predicted molar refractivity (Wildman–Crippen MR) is 67.3 cm³/mol. The van der Waals surface area contributed by atoms with E-state index >= 15 is 0 Å². The lowest BCUT2D eigenvalue weighted by atomic mass is 10.1. The lowest BCUT2D eigenvalue weighted by Crippen LogP contribution is -2.16. The van der Waals surface area contributed by atoms with E-state index in [4.69, 9.17) is 21.1 Å². The van der Waals surface area contributed by atoms with Crippen molar-refractivity contribution in [3.63, 3.8) is 0 Å². The van der Waals surface area contributed by atoms with E-state index in [-0.39, 0.29) is 11.7 Å². The molecular formula is C11H12BrClO3. The second kappa shape index (κ2) is 6.11. The van der Waals surface area contributed by atoms with Crippen LogP contribution in [0, 0.1) is 0 Å². The summed E-state index contributed by atoms with van der Waals surface area (Å²) in [4.78, 5) is 11.5. The van der Waals surface area contributed by atoms with Crippen LogP contribution in [0.5, 0.6) is 11.5 Å². The molecule has 5 heteroatoms. The van der Waals surface area contributed by atoms with Crippen LogP contribution < -0.4 is 9.47 Å². The first-order valence-electron chi connectivity index (χ1n) is 4.60. The van der Waals surface area contributed by atoms with E-state index in [1.165, 1.54) is 7.11 Å². The van der Waals surface area contributed by atoms with Crippen LogP contribution in [0.4, 0.5) is 0 Å². The molecule has 0 aliphatic heterocycles. The third-order valence-corrected chi connectivity index (χ3v) is 3.52. The van der Waals surface area contributed by atoms with Crippen LogP contribution in [-0.4, -0.2) is 30.7 Å². The fourth-order valence-corrected chi connectivity index (χ4v) is 1.63. The van der Waals surface area contributed by atoms with Crippen molar-refractivity contribution in [3.8, 4) is 11.5 Å². The topological polar surface area (TPSA) is 35.5 Å².